The molecule has 0 aliphatic rings. The Bertz CT molecular complexity index is 1350. The average Bonchev–Trinajstić information content (AvgIpc) is 2.80. The number of alkyl halides is 3. The summed E-state index contributed by atoms with van der Waals surface area (Å²) in [5, 5.41) is 2.54. The summed E-state index contributed by atoms with van der Waals surface area (Å²) in [6, 6.07) is 16.7. The Hall–Kier alpha value is -3.60. The number of carbonyl (C=O) groups excluding carboxylic acids is 1. The number of carbonyl (C=O) groups is 1. The van der Waals surface area contributed by atoms with Crippen LogP contribution in [0, 0.1) is 0 Å². The fourth-order valence-corrected chi connectivity index (χ4v) is 3.95. The maximum absolute atomic E-state index is 12.7. The quantitative estimate of drug-likeness (QED) is 0.437. The minimum atomic E-state index is -5.69. The zero-order valence-electron chi connectivity index (χ0n) is 18.8. The van der Waals surface area contributed by atoms with Crippen molar-refractivity contribution in [2.45, 2.75) is 38.2 Å². The topological polar surface area (TPSA) is 97.3 Å². The number of pyridine rings is 1. The highest BCUT2D eigenvalue weighted by atomic mass is 32.2. The summed E-state index contributed by atoms with van der Waals surface area (Å²) in [5.41, 5.74) is -4.33. The zero-order chi connectivity index (χ0) is 25.6. The molecule has 1 heterocycles. The number of amides is 1. The third kappa shape index (κ3) is 6.50. The summed E-state index contributed by atoms with van der Waals surface area (Å²) < 4.78 is 64.2. The normalized spacial score (nSPS) is 11.8. The van der Waals surface area contributed by atoms with Crippen LogP contribution in [-0.4, -0.2) is 24.4 Å². The van der Waals surface area contributed by atoms with Crippen molar-refractivity contribution in [3.8, 4) is 0 Å². The Kier molecular flexibility index (Phi) is 8.00. The van der Waals surface area contributed by atoms with Crippen LogP contribution in [0.25, 0.3) is 0 Å². The van der Waals surface area contributed by atoms with Gasteiger partial charge in [0, 0.05) is 17.4 Å². The smallest absolute Gasteiger partial charge is 0.322 e. The van der Waals surface area contributed by atoms with Crippen LogP contribution in [0.5, 0.6) is 0 Å². The molecule has 186 valence electrons. The highest BCUT2D eigenvalue weighted by Gasteiger charge is 2.46. The van der Waals surface area contributed by atoms with Gasteiger partial charge in [-0.25, -0.2) is 0 Å². The van der Waals surface area contributed by atoms with E-state index in [1.54, 1.807) is 34.9 Å². The second kappa shape index (κ2) is 10.8. The summed E-state index contributed by atoms with van der Waals surface area (Å²) in [5.74, 6) is -0.792. The Morgan fingerprint density at radius 3 is 2.31 bits per heavy atom. The van der Waals surface area contributed by atoms with Crippen LogP contribution >= 0.6 is 0 Å². The van der Waals surface area contributed by atoms with Crippen molar-refractivity contribution < 1.29 is 26.4 Å². The van der Waals surface area contributed by atoms with Crippen molar-refractivity contribution in [3.63, 3.8) is 0 Å². The van der Waals surface area contributed by atoms with E-state index in [1.807, 2.05) is 6.07 Å². The van der Waals surface area contributed by atoms with Gasteiger partial charge >= 0.3 is 15.5 Å². The van der Waals surface area contributed by atoms with Crippen LogP contribution in [0.4, 0.5) is 24.5 Å². The van der Waals surface area contributed by atoms with Gasteiger partial charge in [-0.15, -0.1) is 0 Å². The van der Waals surface area contributed by atoms with Gasteiger partial charge in [-0.1, -0.05) is 43.7 Å². The molecule has 0 radical (unpaired) electrons. The number of unbranched alkanes of at least 4 members (excludes halogenated alkanes) is 1. The molecule has 0 fully saturated rings. The first-order chi connectivity index (χ1) is 16.5. The molecule has 3 aromatic rings. The molecule has 0 saturated carbocycles. The van der Waals surface area contributed by atoms with Crippen LogP contribution in [-0.2, 0) is 23.0 Å². The minimum absolute atomic E-state index is 0.117. The third-order valence-electron chi connectivity index (χ3n) is 5.20. The van der Waals surface area contributed by atoms with Crippen molar-refractivity contribution in [1.29, 1.82) is 0 Å². The molecular weight excluding hydrogens is 483 g/mol. The SMILES string of the molecule is CCCCc1cccc(=O)n1Cc1ccc(NC(=O)c2ccccc2NS(=O)(=O)C(F)(F)F)cc1. The summed E-state index contributed by atoms with van der Waals surface area (Å²) in [4.78, 5) is 25.0. The van der Waals surface area contributed by atoms with E-state index >= 15 is 0 Å². The minimum Gasteiger partial charge on any atom is -0.322 e. The van der Waals surface area contributed by atoms with Gasteiger partial charge < -0.3 is 9.88 Å². The van der Waals surface area contributed by atoms with Crippen LogP contribution in [0.15, 0.2) is 71.5 Å². The fraction of sp³-hybridized carbons (Fsp3) is 0.250. The molecule has 0 unspecified atom stereocenters. The average molecular weight is 508 g/mol. The number of halogens is 3. The molecule has 35 heavy (non-hydrogen) atoms. The number of rotatable bonds is 9. The van der Waals surface area contributed by atoms with E-state index < -0.39 is 27.1 Å². The molecule has 0 bridgehead atoms. The maximum atomic E-state index is 12.7. The van der Waals surface area contributed by atoms with Gasteiger partial charge in [0.2, 0.25) is 0 Å². The van der Waals surface area contributed by atoms with Crippen LogP contribution < -0.4 is 15.6 Å². The highest BCUT2D eigenvalue weighted by Crippen LogP contribution is 2.27. The monoisotopic (exact) mass is 507 g/mol. The van der Waals surface area contributed by atoms with Crippen molar-refractivity contribution in [2.24, 2.45) is 0 Å². The van der Waals surface area contributed by atoms with E-state index in [0.717, 1.165) is 36.6 Å². The van der Waals surface area contributed by atoms with Gasteiger partial charge in [0.05, 0.1) is 17.8 Å². The number of anilines is 2. The molecule has 1 amide bonds. The largest absolute Gasteiger partial charge is 0.516 e. The van der Waals surface area contributed by atoms with Gasteiger partial charge in [-0.3, -0.25) is 14.3 Å². The van der Waals surface area contributed by atoms with Crippen molar-refractivity contribution in [1.82, 2.24) is 4.57 Å². The van der Waals surface area contributed by atoms with Crippen LogP contribution in [0.2, 0.25) is 0 Å². The lowest BCUT2D eigenvalue weighted by molar-refractivity contribution is -0.0429. The summed E-state index contributed by atoms with van der Waals surface area (Å²) >= 11 is 0. The highest BCUT2D eigenvalue weighted by molar-refractivity contribution is 7.93. The zero-order valence-corrected chi connectivity index (χ0v) is 19.6. The molecule has 1 aromatic heterocycles. The van der Waals surface area contributed by atoms with E-state index in [0.29, 0.717) is 12.2 Å². The lowest BCUT2D eigenvalue weighted by Crippen LogP contribution is -2.30. The number of nitrogens with one attached hydrogen (secondary N) is 2. The number of hydrogen-bond acceptors (Lipinski definition) is 4. The van der Waals surface area contributed by atoms with Gasteiger partial charge in [-0.2, -0.15) is 21.6 Å². The predicted molar refractivity (Wildman–Crippen MR) is 128 cm³/mol. The molecule has 2 N–H and O–H groups in total. The number of para-hydroxylation sites is 1. The maximum Gasteiger partial charge on any atom is 0.516 e. The standard InChI is InChI=1S/C24H24F3N3O4S/c1-2-3-7-19-8-6-11-22(31)30(19)16-17-12-14-18(15-13-17)28-23(32)20-9-4-5-10-21(20)29-35(33,34)24(25,26)27/h4-6,8-15,29H,2-3,7,16H2,1H3,(H,28,32). The van der Waals surface area contributed by atoms with E-state index in [9.17, 15) is 31.2 Å². The Labute approximate surface area is 200 Å². The van der Waals surface area contributed by atoms with Crippen molar-refractivity contribution >= 4 is 27.3 Å². The first kappa shape index (κ1) is 26.0. The molecule has 0 atom stereocenters. The molecule has 11 heteroatoms. The van der Waals surface area contributed by atoms with Crippen LogP contribution in [0.1, 0.15) is 41.4 Å². The summed E-state index contributed by atoms with van der Waals surface area (Å²) in [7, 11) is -5.69. The molecule has 0 aliphatic heterocycles. The number of benzene rings is 2. The van der Waals surface area contributed by atoms with Gasteiger partial charge in [0.25, 0.3) is 11.5 Å². The number of aryl methyl sites for hydroxylation is 1. The van der Waals surface area contributed by atoms with Gasteiger partial charge in [-0.05, 0) is 48.7 Å². The predicted octanol–water partition coefficient (Wildman–Crippen LogP) is 4.75. The molecule has 0 aliphatic carbocycles. The Balaban J connectivity index is 1.75. The molecule has 3 rings (SSSR count). The summed E-state index contributed by atoms with van der Waals surface area (Å²) in [6.07, 6.45) is 2.73. The number of hydrogen-bond donors (Lipinski definition) is 2. The van der Waals surface area contributed by atoms with E-state index in [2.05, 4.69) is 12.2 Å². The van der Waals surface area contributed by atoms with Gasteiger partial charge in [0.15, 0.2) is 0 Å². The second-order valence-electron chi connectivity index (χ2n) is 7.79. The van der Waals surface area contributed by atoms with E-state index in [1.165, 1.54) is 29.0 Å². The van der Waals surface area contributed by atoms with Crippen molar-refractivity contribution in [2.75, 3.05) is 10.0 Å². The van der Waals surface area contributed by atoms with Gasteiger partial charge in [0.1, 0.15) is 0 Å². The molecule has 0 saturated heterocycles. The molecular formula is C24H24F3N3O4S. The van der Waals surface area contributed by atoms with E-state index in [4.69, 9.17) is 0 Å². The Morgan fingerprint density at radius 1 is 0.971 bits per heavy atom. The first-order valence-electron chi connectivity index (χ1n) is 10.8. The number of aromatic nitrogens is 1. The third-order valence-corrected chi connectivity index (χ3v) is 6.30. The number of sulfonamides is 1. The Morgan fingerprint density at radius 2 is 1.66 bits per heavy atom. The molecule has 7 nitrogen and oxygen atoms in total. The van der Waals surface area contributed by atoms with Crippen LogP contribution in [0.3, 0.4) is 0 Å². The lowest BCUT2D eigenvalue weighted by Gasteiger charge is -2.15. The second-order valence-corrected chi connectivity index (χ2v) is 9.47. The lowest BCUT2D eigenvalue weighted by atomic mass is 10.1. The first-order valence-corrected chi connectivity index (χ1v) is 12.3. The van der Waals surface area contributed by atoms with Crippen molar-refractivity contribution in [3.05, 3.63) is 93.9 Å². The number of nitrogens with zero attached hydrogens (tertiary/aromatic N) is 1. The summed E-state index contributed by atoms with van der Waals surface area (Å²) in [6.45, 7) is 2.41. The molecule has 2 aromatic carbocycles. The molecule has 0 spiro atoms. The fourth-order valence-electron chi connectivity index (χ4n) is 3.37. The van der Waals surface area contributed by atoms with E-state index in [-0.39, 0.29) is 11.1 Å².